The molecule has 2 aliphatic rings. The fourth-order valence-electron chi connectivity index (χ4n) is 3.35. The van der Waals surface area contributed by atoms with Crippen molar-refractivity contribution in [2.24, 2.45) is 11.1 Å². The van der Waals surface area contributed by atoms with E-state index in [1.165, 1.54) is 12.0 Å². The molecule has 11 nitrogen and oxygen atoms in total. The van der Waals surface area contributed by atoms with Crippen molar-refractivity contribution in [1.29, 1.82) is 0 Å². The minimum Gasteiger partial charge on any atom is -0.469 e. The number of piperidine rings is 1. The number of urea groups is 1. The number of ether oxygens (including phenoxy) is 1. The third-order valence-corrected chi connectivity index (χ3v) is 6.02. The van der Waals surface area contributed by atoms with E-state index in [4.69, 9.17) is 18.9 Å². The minimum atomic E-state index is -4.61. The summed E-state index contributed by atoms with van der Waals surface area (Å²) in [6, 6.07) is -2.09. The van der Waals surface area contributed by atoms with Crippen LogP contribution < -0.4 is 5.73 Å². The zero-order valence-corrected chi connectivity index (χ0v) is 16.4. The van der Waals surface area contributed by atoms with Gasteiger partial charge in [-0.2, -0.15) is 13.5 Å². The highest BCUT2D eigenvalue weighted by molar-refractivity contribution is 7.81. The van der Waals surface area contributed by atoms with Gasteiger partial charge in [0.1, 0.15) is 6.04 Å². The number of hydroxylamine groups is 2. The van der Waals surface area contributed by atoms with Crippen LogP contribution in [0.2, 0.25) is 0 Å². The molecule has 0 aromatic carbocycles. The first-order valence-electron chi connectivity index (χ1n) is 8.67. The summed E-state index contributed by atoms with van der Waals surface area (Å²) in [4.78, 5) is 37.0. The van der Waals surface area contributed by atoms with Crippen LogP contribution in [0.25, 0.3) is 0 Å². The van der Waals surface area contributed by atoms with Crippen molar-refractivity contribution < 1.29 is 36.0 Å². The lowest BCUT2D eigenvalue weighted by atomic mass is 9.83. The van der Waals surface area contributed by atoms with Gasteiger partial charge in [-0.3, -0.25) is 9.59 Å². The van der Waals surface area contributed by atoms with Crippen molar-refractivity contribution in [1.82, 2.24) is 9.96 Å². The Kier molecular flexibility index (Phi) is 6.32. The van der Waals surface area contributed by atoms with Crippen LogP contribution in [0.1, 0.15) is 39.5 Å². The van der Waals surface area contributed by atoms with Crippen LogP contribution >= 0.6 is 0 Å². The van der Waals surface area contributed by atoms with E-state index >= 15 is 0 Å². The van der Waals surface area contributed by atoms with Crippen LogP contribution in [0.15, 0.2) is 0 Å². The van der Waals surface area contributed by atoms with Crippen molar-refractivity contribution in [2.75, 3.05) is 20.3 Å². The number of fused-ring (bicyclic) bond motifs is 2. The van der Waals surface area contributed by atoms with Gasteiger partial charge in [0, 0.05) is 6.54 Å². The highest BCUT2D eigenvalue weighted by atomic mass is 32.3. The number of methoxy groups -OCH3 is 1. The number of primary amides is 1. The molecule has 0 saturated carbocycles. The third kappa shape index (κ3) is 4.17. The van der Waals surface area contributed by atoms with E-state index in [0.717, 1.165) is 0 Å². The van der Waals surface area contributed by atoms with E-state index in [0.29, 0.717) is 30.7 Å². The fraction of sp³-hybridized carbons (Fsp3) is 0.800. The number of amides is 3. The van der Waals surface area contributed by atoms with Crippen LogP contribution in [0, 0.1) is 5.41 Å². The summed E-state index contributed by atoms with van der Waals surface area (Å²) in [5.41, 5.74) is 4.13. The summed E-state index contributed by atoms with van der Waals surface area (Å²) in [5, 5.41) is 0.690. The monoisotopic (exact) mass is 407 g/mol. The molecule has 2 N–H and O–H groups in total. The highest BCUT2D eigenvalue weighted by Crippen LogP contribution is 2.32. The number of carbonyl (C=O) groups excluding carboxylic acids is 3. The number of hydrogen-bond donors (Lipinski definition) is 1. The maximum Gasteiger partial charge on any atom is 0.421 e. The molecule has 154 valence electrons. The summed E-state index contributed by atoms with van der Waals surface area (Å²) in [6.45, 7) is 3.08. The first-order valence-corrected chi connectivity index (χ1v) is 10.0. The molecule has 0 spiro atoms. The normalized spacial score (nSPS) is 22.9. The second kappa shape index (κ2) is 7.98. The SMILES string of the molecule is CCC(CC)(COS(=O)(=O)ON1C(=O)N2C[C@H]1CC[C@H]2C(N)=O)C(=O)OC. The van der Waals surface area contributed by atoms with Crippen molar-refractivity contribution >= 4 is 28.3 Å². The molecule has 2 fully saturated rings. The predicted molar refractivity (Wildman–Crippen MR) is 90.9 cm³/mol. The Hall–Kier alpha value is -1.92. The zero-order chi connectivity index (χ0) is 20.4. The van der Waals surface area contributed by atoms with Crippen molar-refractivity contribution in [3.8, 4) is 0 Å². The van der Waals surface area contributed by atoms with Gasteiger partial charge in [-0.25, -0.2) is 8.98 Å². The lowest BCUT2D eigenvalue weighted by Gasteiger charge is -2.28. The van der Waals surface area contributed by atoms with Crippen LogP contribution in [0.3, 0.4) is 0 Å². The summed E-state index contributed by atoms with van der Waals surface area (Å²) in [7, 11) is -3.41. The lowest BCUT2D eigenvalue weighted by Crippen LogP contribution is -2.47. The standard InChI is InChI=1S/C15H25N3O8S/c1-4-15(5-2,13(20)24-3)9-25-27(22,23)26-18-10-6-7-11(12(16)19)17(8-10)14(18)21/h10-11H,4-9H2,1-3H3,(H2,16,19)/t10-,11+/m1/s1. The second-order valence-electron chi connectivity index (χ2n) is 6.63. The van der Waals surface area contributed by atoms with Crippen LogP contribution in [0.5, 0.6) is 0 Å². The fourth-order valence-corrected chi connectivity index (χ4v) is 4.14. The molecule has 0 aromatic heterocycles. The molecule has 0 aliphatic carbocycles. The predicted octanol–water partition coefficient (Wildman–Crippen LogP) is -0.0873. The molecule has 2 rings (SSSR count). The number of rotatable bonds is 9. The lowest BCUT2D eigenvalue weighted by molar-refractivity contribution is -0.155. The third-order valence-electron chi connectivity index (χ3n) is 5.27. The summed E-state index contributed by atoms with van der Waals surface area (Å²) in [6.07, 6.45) is 1.28. The van der Waals surface area contributed by atoms with Crippen LogP contribution in [-0.4, -0.2) is 68.6 Å². The van der Waals surface area contributed by atoms with Crippen molar-refractivity contribution in [3.63, 3.8) is 0 Å². The van der Waals surface area contributed by atoms with E-state index < -0.39 is 52.4 Å². The molecule has 2 atom stereocenters. The molecule has 27 heavy (non-hydrogen) atoms. The van der Waals surface area contributed by atoms with Gasteiger partial charge in [0.2, 0.25) is 5.91 Å². The zero-order valence-electron chi connectivity index (χ0n) is 15.5. The van der Waals surface area contributed by atoms with Crippen LogP contribution in [0.4, 0.5) is 4.79 Å². The average molecular weight is 407 g/mol. The average Bonchev–Trinajstić information content (AvgIpc) is 2.86. The number of nitrogens with two attached hydrogens (primary N) is 1. The van der Waals surface area contributed by atoms with E-state index in [2.05, 4.69) is 0 Å². The summed E-state index contributed by atoms with van der Waals surface area (Å²) >= 11 is 0. The number of esters is 1. The summed E-state index contributed by atoms with van der Waals surface area (Å²) in [5.74, 6) is -1.25. The Morgan fingerprint density at radius 2 is 1.89 bits per heavy atom. The number of nitrogens with zero attached hydrogens (tertiary/aromatic N) is 2. The first-order chi connectivity index (χ1) is 12.6. The molecular weight excluding hydrogens is 382 g/mol. The van der Waals surface area contributed by atoms with Gasteiger partial charge in [-0.1, -0.05) is 13.8 Å². The molecule has 0 unspecified atom stereocenters. The van der Waals surface area contributed by atoms with E-state index in [1.54, 1.807) is 13.8 Å². The molecule has 2 saturated heterocycles. The number of carbonyl (C=O) groups is 3. The Bertz CT molecular complexity index is 706. The van der Waals surface area contributed by atoms with Crippen molar-refractivity contribution in [3.05, 3.63) is 0 Å². The Morgan fingerprint density at radius 3 is 2.41 bits per heavy atom. The molecule has 2 heterocycles. The molecule has 3 amide bonds. The van der Waals surface area contributed by atoms with Gasteiger partial charge in [-0.15, -0.1) is 4.28 Å². The molecule has 0 aromatic rings. The maximum absolute atomic E-state index is 12.4. The highest BCUT2D eigenvalue weighted by Gasteiger charge is 2.49. The van der Waals surface area contributed by atoms with Crippen molar-refractivity contribution in [2.45, 2.75) is 51.6 Å². The quantitative estimate of drug-likeness (QED) is 0.522. The second-order valence-corrected chi connectivity index (χ2v) is 7.84. The van der Waals surface area contributed by atoms with E-state index in [1.807, 2.05) is 0 Å². The van der Waals surface area contributed by atoms with Crippen LogP contribution in [-0.2, 0) is 33.2 Å². The topological polar surface area (TPSA) is 146 Å². The van der Waals surface area contributed by atoms with Gasteiger partial charge < -0.3 is 15.4 Å². The molecule has 0 radical (unpaired) electrons. The largest absolute Gasteiger partial charge is 0.469 e. The minimum absolute atomic E-state index is 0.137. The molecular formula is C15H25N3O8S. The Morgan fingerprint density at radius 1 is 1.26 bits per heavy atom. The smallest absolute Gasteiger partial charge is 0.421 e. The first kappa shape index (κ1) is 21.4. The van der Waals surface area contributed by atoms with Gasteiger partial charge >= 0.3 is 22.4 Å². The van der Waals surface area contributed by atoms with Gasteiger partial charge in [-0.05, 0) is 25.7 Å². The summed E-state index contributed by atoms with van der Waals surface area (Å²) < 4.78 is 38.9. The van der Waals surface area contributed by atoms with E-state index in [9.17, 15) is 22.8 Å². The molecule has 2 aliphatic heterocycles. The van der Waals surface area contributed by atoms with Gasteiger partial charge in [0.05, 0.1) is 25.2 Å². The molecule has 2 bridgehead atoms. The van der Waals surface area contributed by atoms with Gasteiger partial charge in [0.25, 0.3) is 0 Å². The Labute approximate surface area is 158 Å². The maximum atomic E-state index is 12.4. The molecule has 12 heteroatoms. The van der Waals surface area contributed by atoms with E-state index in [-0.39, 0.29) is 6.54 Å². The van der Waals surface area contributed by atoms with Gasteiger partial charge in [0.15, 0.2) is 0 Å². The Balaban J connectivity index is 2.07. The number of hydrogen-bond acceptors (Lipinski definition) is 8.